The summed E-state index contributed by atoms with van der Waals surface area (Å²) < 4.78 is 25.5. The summed E-state index contributed by atoms with van der Waals surface area (Å²) in [4.78, 5) is 12.5. The quantitative estimate of drug-likeness (QED) is 0.521. The first-order chi connectivity index (χ1) is 11.8. The van der Waals surface area contributed by atoms with Gasteiger partial charge in [0.1, 0.15) is 0 Å². The Morgan fingerprint density at radius 1 is 1.28 bits per heavy atom. The molecule has 1 atom stereocenters. The van der Waals surface area contributed by atoms with Gasteiger partial charge < -0.3 is 5.32 Å². The zero-order valence-corrected chi connectivity index (χ0v) is 16.2. The van der Waals surface area contributed by atoms with Crippen LogP contribution in [0, 0.1) is 0 Å². The number of nitrogens with zero attached hydrogens (tertiary/aromatic N) is 2. The number of anilines is 2. The predicted molar refractivity (Wildman–Crippen MR) is 101 cm³/mol. The molecule has 1 unspecified atom stereocenters. The van der Waals surface area contributed by atoms with Crippen molar-refractivity contribution in [3.8, 4) is 0 Å². The molecule has 1 aliphatic carbocycles. The van der Waals surface area contributed by atoms with E-state index in [4.69, 9.17) is 0 Å². The minimum absolute atomic E-state index is 0.0391. The van der Waals surface area contributed by atoms with Crippen LogP contribution in [-0.2, 0) is 10.0 Å². The van der Waals surface area contributed by atoms with Crippen molar-refractivity contribution in [2.45, 2.75) is 35.4 Å². The average Bonchev–Trinajstić information content (AvgIpc) is 3.24. The van der Waals surface area contributed by atoms with E-state index in [0.717, 1.165) is 15.7 Å². The van der Waals surface area contributed by atoms with Gasteiger partial charge in [-0.15, -0.1) is 10.2 Å². The number of hydrogen-bond donors (Lipinski definition) is 2. The summed E-state index contributed by atoms with van der Waals surface area (Å²) >= 11 is 2.82. The van der Waals surface area contributed by atoms with Crippen molar-refractivity contribution < 1.29 is 13.2 Å². The molecule has 134 valence electrons. The van der Waals surface area contributed by atoms with Crippen LogP contribution in [0.3, 0.4) is 0 Å². The van der Waals surface area contributed by atoms with Crippen molar-refractivity contribution in [3.05, 3.63) is 29.8 Å². The molecule has 1 saturated carbocycles. The van der Waals surface area contributed by atoms with Crippen molar-refractivity contribution >= 4 is 49.7 Å². The molecule has 2 N–H and O–H groups in total. The highest BCUT2D eigenvalue weighted by atomic mass is 32.2. The Kier molecular flexibility index (Phi) is 5.30. The molecule has 3 rings (SSSR count). The van der Waals surface area contributed by atoms with Gasteiger partial charge in [0.25, 0.3) is 0 Å². The fourth-order valence-electron chi connectivity index (χ4n) is 2.07. The summed E-state index contributed by atoms with van der Waals surface area (Å²) in [6.45, 7) is 1.82. The number of benzene rings is 1. The Morgan fingerprint density at radius 2 is 1.96 bits per heavy atom. The number of nitrogens with one attached hydrogen (secondary N) is 2. The van der Waals surface area contributed by atoms with Gasteiger partial charge in [-0.25, -0.2) is 8.42 Å². The first kappa shape index (κ1) is 18.2. The van der Waals surface area contributed by atoms with Crippen LogP contribution in [0.2, 0.25) is 0 Å². The lowest BCUT2D eigenvalue weighted by Gasteiger charge is -2.09. The highest BCUT2D eigenvalue weighted by molar-refractivity contribution is 8.02. The molecule has 1 heterocycles. The standard InChI is InChI=1S/C15H18N4O3S3/c1-9(23-15-18-17-14(24-15)16-11-7-8-11)13(20)10-3-5-12(6-4-10)19-25(2,21)22/h3-6,9,11,19H,7-8H2,1-2H3,(H,16,17). The minimum Gasteiger partial charge on any atom is -0.357 e. The Balaban J connectivity index is 1.60. The number of sulfonamides is 1. The van der Waals surface area contributed by atoms with Gasteiger partial charge in [-0.05, 0) is 44.0 Å². The van der Waals surface area contributed by atoms with Gasteiger partial charge in [-0.2, -0.15) is 0 Å². The Bertz CT molecular complexity index is 860. The van der Waals surface area contributed by atoms with E-state index in [1.54, 1.807) is 24.3 Å². The molecule has 7 nitrogen and oxygen atoms in total. The normalized spacial score (nSPS) is 15.6. The first-order valence-corrected chi connectivity index (χ1v) is 11.3. The zero-order chi connectivity index (χ0) is 18.0. The van der Waals surface area contributed by atoms with E-state index in [-0.39, 0.29) is 11.0 Å². The van der Waals surface area contributed by atoms with Crippen molar-refractivity contribution in [1.82, 2.24) is 10.2 Å². The van der Waals surface area contributed by atoms with Gasteiger partial charge in [-0.1, -0.05) is 23.1 Å². The largest absolute Gasteiger partial charge is 0.357 e. The maximum atomic E-state index is 12.5. The molecule has 1 aromatic carbocycles. The van der Waals surface area contributed by atoms with Crippen LogP contribution in [0.4, 0.5) is 10.8 Å². The number of ketones is 1. The van der Waals surface area contributed by atoms with Crippen molar-refractivity contribution in [1.29, 1.82) is 0 Å². The number of rotatable bonds is 8. The molecule has 10 heteroatoms. The third kappa shape index (κ3) is 5.41. The average molecular weight is 399 g/mol. The molecule has 1 aromatic heterocycles. The number of hydrogen-bond acceptors (Lipinski definition) is 8. The summed E-state index contributed by atoms with van der Waals surface area (Å²) in [6, 6.07) is 6.91. The van der Waals surface area contributed by atoms with Crippen LogP contribution >= 0.6 is 23.1 Å². The second kappa shape index (κ2) is 7.30. The number of aromatic nitrogens is 2. The lowest BCUT2D eigenvalue weighted by atomic mass is 10.1. The van der Waals surface area contributed by atoms with Crippen LogP contribution in [0.1, 0.15) is 30.1 Å². The molecule has 0 aliphatic heterocycles. The molecule has 0 bridgehead atoms. The predicted octanol–water partition coefficient (Wildman–Crippen LogP) is 2.85. The van der Waals surface area contributed by atoms with Gasteiger partial charge in [0.2, 0.25) is 15.2 Å². The maximum Gasteiger partial charge on any atom is 0.229 e. The Morgan fingerprint density at radius 3 is 2.56 bits per heavy atom. The van der Waals surface area contributed by atoms with Gasteiger partial charge in [0.05, 0.1) is 11.5 Å². The molecular formula is C15H18N4O3S3. The smallest absolute Gasteiger partial charge is 0.229 e. The first-order valence-electron chi connectivity index (χ1n) is 7.69. The number of carbonyl (C=O) groups excluding carboxylic acids is 1. The molecule has 0 spiro atoms. The van der Waals surface area contributed by atoms with E-state index in [2.05, 4.69) is 20.2 Å². The Labute approximate surface area is 154 Å². The summed E-state index contributed by atoms with van der Waals surface area (Å²) in [7, 11) is -3.33. The molecular weight excluding hydrogens is 380 g/mol. The van der Waals surface area contributed by atoms with Crippen LogP contribution < -0.4 is 10.0 Å². The molecule has 1 aliphatic rings. The second-order valence-corrected chi connectivity index (χ2v) is 10.2. The lowest BCUT2D eigenvalue weighted by Crippen LogP contribution is -2.14. The number of thioether (sulfide) groups is 1. The van der Waals surface area contributed by atoms with Crippen molar-refractivity contribution in [2.24, 2.45) is 0 Å². The zero-order valence-electron chi connectivity index (χ0n) is 13.7. The third-order valence-corrected chi connectivity index (χ3v) is 6.08. The molecule has 2 aromatic rings. The lowest BCUT2D eigenvalue weighted by molar-refractivity contribution is 0.0994. The van der Waals surface area contributed by atoms with E-state index in [9.17, 15) is 13.2 Å². The maximum absolute atomic E-state index is 12.5. The topological polar surface area (TPSA) is 101 Å². The van der Waals surface area contributed by atoms with Gasteiger partial charge in [-0.3, -0.25) is 9.52 Å². The van der Waals surface area contributed by atoms with Crippen LogP contribution in [0.5, 0.6) is 0 Å². The molecule has 0 saturated heterocycles. The summed E-state index contributed by atoms with van der Waals surface area (Å²) in [5.41, 5.74) is 0.958. The number of carbonyl (C=O) groups is 1. The summed E-state index contributed by atoms with van der Waals surface area (Å²) in [5, 5.41) is 12.0. The minimum atomic E-state index is -3.33. The summed E-state index contributed by atoms with van der Waals surface area (Å²) in [6.07, 6.45) is 3.42. The van der Waals surface area contributed by atoms with Crippen molar-refractivity contribution in [2.75, 3.05) is 16.3 Å². The van der Waals surface area contributed by atoms with E-state index >= 15 is 0 Å². The van der Waals surface area contributed by atoms with E-state index in [1.165, 1.54) is 35.9 Å². The highest BCUT2D eigenvalue weighted by Gasteiger charge is 2.23. The monoisotopic (exact) mass is 398 g/mol. The summed E-state index contributed by atoms with van der Waals surface area (Å²) in [5.74, 6) is -0.0391. The van der Waals surface area contributed by atoms with Crippen molar-refractivity contribution in [3.63, 3.8) is 0 Å². The third-order valence-electron chi connectivity index (χ3n) is 3.43. The molecule has 1 fully saturated rings. The van der Waals surface area contributed by atoms with Crippen LogP contribution in [0.15, 0.2) is 28.6 Å². The number of Topliss-reactive ketones (excluding diaryl/α,β-unsaturated/α-hetero) is 1. The van der Waals surface area contributed by atoms with E-state index in [1.807, 2.05) is 6.92 Å². The van der Waals surface area contributed by atoms with Crippen LogP contribution in [-0.4, -0.2) is 41.9 Å². The fourth-order valence-corrected chi connectivity index (χ4v) is 4.69. The SMILES string of the molecule is CC(Sc1nnc(NC2CC2)s1)C(=O)c1ccc(NS(C)(=O)=O)cc1. The van der Waals surface area contributed by atoms with E-state index < -0.39 is 10.0 Å². The van der Waals surface area contributed by atoms with E-state index in [0.29, 0.717) is 17.3 Å². The van der Waals surface area contributed by atoms with Gasteiger partial charge in [0, 0.05) is 17.3 Å². The van der Waals surface area contributed by atoms with Gasteiger partial charge in [0.15, 0.2) is 10.1 Å². The fraction of sp³-hybridized carbons (Fsp3) is 0.400. The molecule has 0 amide bonds. The highest BCUT2D eigenvalue weighted by Crippen LogP contribution is 2.33. The molecule has 25 heavy (non-hydrogen) atoms. The van der Waals surface area contributed by atoms with Crippen LogP contribution in [0.25, 0.3) is 0 Å². The molecule has 0 radical (unpaired) electrons. The second-order valence-electron chi connectivity index (χ2n) is 5.87. The Hall–Kier alpha value is -1.65. The van der Waals surface area contributed by atoms with Gasteiger partial charge >= 0.3 is 0 Å².